The molecule has 5 aromatic rings. The molecule has 0 aliphatic heterocycles. The van der Waals surface area contributed by atoms with Gasteiger partial charge in [0.2, 0.25) is 11.1 Å². The average molecular weight is 618 g/mol. The van der Waals surface area contributed by atoms with Crippen LogP contribution < -0.4 is 0 Å². The van der Waals surface area contributed by atoms with Crippen molar-refractivity contribution < 1.29 is 4.79 Å². The van der Waals surface area contributed by atoms with Crippen LogP contribution in [-0.2, 0) is 17.9 Å². The molecule has 7 nitrogen and oxygen atoms in total. The van der Waals surface area contributed by atoms with Crippen molar-refractivity contribution in [3.05, 3.63) is 94.5 Å². The molecule has 0 saturated carbocycles. The van der Waals surface area contributed by atoms with Crippen LogP contribution in [0.5, 0.6) is 0 Å². The van der Waals surface area contributed by atoms with E-state index in [1.54, 1.807) is 11.8 Å². The molecule has 0 N–H and O–H groups in total. The van der Waals surface area contributed by atoms with Crippen LogP contribution in [0.3, 0.4) is 0 Å². The number of halogens is 1. The Labute approximate surface area is 247 Å². The Morgan fingerprint density at radius 2 is 1.65 bits per heavy atom. The van der Waals surface area contributed by atoms with Crippen LogP contribution in [0, 0.1) is 0 Å². The monoisotopic (exact) mass is 616 g/mol. The van der Waals surface area contributed by atoms with Crippen LogP contribution in [0.1, 0.15) is 24.0 Å². The van der Waals surface area contributed by atoms with E-state index in [0.29, 0.717) is 31.2 Å². The predicted octanol–water partition coefficient (Wildman–Crippen LogP) is 6.25. The number of para-hydroxylation sites is 1. The second-order valence-corrected chi connectivity index (χ2v) is 12.0. The van der Waals surface area contributed by atoms with Crippen molar-refractivity contribution in [1.82, 2.24) is 29.5 Å². The van der Waals surface area contributed by atoms with Gasteiger partial charge >= 0.3 is 0 Å². The molecule has 0 aliphatic carbocycles. The van der Waals surface area contributed by atoms with E-state index < -0.39 is 0 Å². The molecule has 0 aliphatic rings. The summed E-state index contributed by atoms with van der Waals surface area (Å²) in [5, 5.41) is 10.7. The van der Waals surface area contributed by atoms with Crippen molar-refractivity contribution in [2.75, 3.05) is 32.9 Å². The second-order valence-electron chi connectivity index (χ2n) is 10.1. The van der Waals surface area contributed by atoms with Crippen LogP contribution >= 0.6 is 27.7 Å². The van der Waals surface area contributed by atoms with E-state index in [4.69, 9.17) is 4.98 Å². The number of carbonyl (C=O) groups excluding carboxylic acids is 1. The molecule has 0 radical (unpaired) electrons. The SMILES string of the molecule is CN(C)CCN(Cc1ccccc1)C(=O)CCCSc1nnc2c3ccccc3n(Cc3ccc(Br)cc3)c2n1. The fraction of sp³-hybridized carbons (Fsp3) is 0.290. The molecule has 0 atom stereocenters. The number of benzene rings is 3. The van der Waals surface area contributed by atoms with Gasteiger partial charge in [0.25, 0.3) is 0 Å². The summed E-state index contributed by atoms with van der Waals surface area (Å²) in [5.41, 5.74) is 5.06. The van der Waals surface area contributed by atoms with E-state index in [-0.39, 0.29) is 5.91 Å². The number of thioether (sulfide) groups is 1. The number of nitrogens with zero attached hydrogens (tertiary/aromatic N) is 6. The number of fused-ring (bicyclic) bond motifs is 3. The first-order valence-electron chi connectivity index (χ1n) is 13.4. The third-order valence-corrected chi connectivity index (χ3v) is 8.21. The summed E-state index contributed by atoms with van der Waals surface area (Å²) >= 11 is 5.08. The molecular formula is C31H33BrN6OS. The molecule has 40 heavy (non-hydrogen) atoms. The Hall–Kier alpha value is -3.27. The largest absolute Gasteiger partial charge is 0.337 e. The lowest BCUT2D eigenvalue weighted by molar-refractivity contribution is -0.132. The molecule has 1 amide bonds. The van der Waals surface area contributed by atoms with E-state index in [1.165, 1.54) is 5.56 Å². The van der Waals surface area contributed by atoms with Gasteiger partial charge in [-0.2, -0.15) is 0 Å². The minimum atomic E-state index is 0.176. The van der Waals surface area contributed by atoms with Gasteiger partial charge < -0.3 is 14.4 Å². The zero-order valence-corrected chi connectivity index (χ0v) is 25.2. The second kappa shape index (κ2) is 13.4. The van der Waals surface area contributed by atoms with Gasteiger partial charge in [0.15, 0.2) is 5.65 Å². The third-order valence-electron chi connectivity index (χ3n) is 6.76. The normalized spacial score (nSPS) is 11.5. The maximum atomic E-state index is 13.1. The van der Waals surface area contributed by atoms with Crippen LogP contribution in [0.25, 0.3) is 22.1 Å². The summed E-state index contributed by atoms with van der Waals surface area (Å²) < 4.78 is 3.27. The molecule has 0 bridgehead atoms. The molecule has 206 valence electrons. The zero-order valence-electron chi connectivity index (χ0n) is 22.8. The fourth-order valence-electron chi connectivity index (χ4n) is 4.64. The molecule has 0 saturated heterocycles. The number of amides is 1. The molecule has 9 heteroatoms. The van der Waals surface area contributed by atoms with Gasteiger partial charge in [-0.25, -0.2) is 4.98 Å². The van der Waals surface area contributed by atoms with Crippen molar-refractivity contribution >= 4 is 55.7 Å². The Morgan fingerprint density at radius 1 is 0.900 bits per heavy atom. The Balaban J connectivity index is 1.26. The summed E-state index contributed by atoms with van der Waals surface area (Å²) in [5.74, 6) is 0.925. The minimum absolute atomic E-state index is 0.176. The van der Waals surface area contributed by atoms with Crippen molar-refractivity contribution in [2.24, 2.45) is 0 Å². The molecule has 0 fully saturated rings. The first-order chi connectivity index (χ1) is 19.5. The number of rotatable bonds is 12. The maximum absolute atomic E-state index is 13.1. The highest BCUT2D eigenvalue weighted by Gasteiger charge is 2.17. The summed E-state index contributed by atoms with van der Waals surface area (Å²) in [7, 11) is 4.07. The van der Waals surface area contributed by atoms with E-state index in [2.05, 4.69) is 84.1 Å². The van der Waals surface area contributed by atoms with Crippen LogP contribution in [0.4, 0.5) is 0 Å². The minimum Gasteiger partial charge on any atom is -0.337 e. The quantitative estimate of drug-likeness (QED) is 0.122. The molecule has 0 unspecified atom stereocenters. The summed E-state index contributed by atoms with van der Waals surface area (Å²) in [4.78, 5) is 22.1. The van der Waals surface area contributed by atoms with Crippen molar-refractivity contribution in [1.29, 1.82) is 0 Å². The Bertz CT molecular complexity index is 1570. The Morgan fingerprint density at radius 3 is 2.42 bits per heavy atom. The van der Waals surface area contributed by atoms with Crippen LogP contribution in [0.2, 0.25) is 0 Å². The highest BCUT2D eigenvalue weighted by Crippen LogP contribution is 2.28. The van der Waals surface area contributed by atoms with Crippen molar-refractivity contribution in [3.63, 3.8) is 0 Å². The summed E-state index contributed by atoms with van der Waals surface area (Å²) in [6.07, 6.45) is 1.24. The maximum Gasteiger partial charge on any atom is 0.222 e. The van der Waals surface area contributed by atoms with Crippen molar-refractivity contribution in [2.45, 2.75) is 31.1 Å². The smallest absolute Gasteiger partial charge is 0.222 e. The van der Waals surface area contributed by atoms with Crippen LogP contribution in [0.15, 0.2) is 88.5 Å². The van der Waals surface area contributed by atoms with E-state index in [1.807, 2.05) is 49.3 Å². The molecule has 2 heterocycles. The molecule has 0 spiro atoms. The zero-order chi connectivity index (χ0) is 27.9. The van der Waals surface area contributed by atoms with Gasteiger partial charge in [0.1, 0.15) is 5.52 Å². The lowest BCUT2D eigenvalue weighted by Crippen LogP contribution is -2.36. The van der Waals surface area contributed by atoms with Crippen LogP contribution in [-0.4, -0.2) is 68.4 Å². The number of aromatic nitrogens is 4. The van der Waals surface area contributed by atoms with Gasteiger partial charge in [-0.1, -0.05) is 88.4 Å². The Kier molecular flexibility index (Phi) is 9.46. The lowest BCUT2D eigenvalue weighted by Gasteiger charge is -2.24. The summed E-state index contributed by atoms with van der Waals surface area (Å²) in [6.45, 7) is 2.87. The number of likely N-dealkylation sites (N-methyl/N-ethyl adjacent to an activating group) is 1. The number of carbonyl (C=O) groups is 1. The third kappa shape index (κ3) is 7.08. The van der Waals surface area contributed by atoms with E-state index in [9.17, 15) is 4.79 Å². The first kappa shape index (κ1) is 28.3. The standard InChI is InChI=1S/C31H33BrN6OS/c1-36(2)18-19-37(21-23-9-4-3-5-10-23)28(39)13-8-20-40-31-33-30-29(34-35-31)26-11-6-7-12-27(26)38(30)22-24-14-16-25(32)17-15-24/h3-7,9-12,14-17H,8,13,18-22H2,1-2H3. The van der Waals surface area contributed by atoms with Gasteiger partial charge in [-0.3, -0.25) is 4.79 Å². The molecule has 2 aromatic heterocycles. The highest BCUT2D eigenvalue weighted by atomic mass is 79.9. The first-order valence-corrected chi connectivity index (χ1v) is 15.2. The topological polar surface area (TPSA) is 67.2 Å². The molecular weight excluding hydrogens is 584 g/mol. The number of hydrogen-bond donors (Lipinski definition) is 0. The van der Waals surface area contributed by atoms with Gasteiger partial charge in [-0.05, 0) is 49.8 Å². The lowest BCUT2D eigenvalue weighted by atomic mass is 10.2. The molecule has 3 aromatic carbocycles. The van der Waals surface area contributed by atoms with Gasteiger partial charge in [0, 0.05) is 48.2 Å². The van der Waals surface area contributed by atoms with E-state index in [0.717, 1.165) is 50.8 Å². The van der Waals surface area contributed by atoms with Crippen molar-refractivity contribution in [3.8, 4) is 0 Å². The van der Waals surface area contributed by atoms with E-state index >= 15 is 0 Å². The van der Waals surface area contributed by atoms with Gasteiger partial charge in [0.05, 0.1) is 5.52 Å². The molecule has 5 rings (SSSR count). The fourth-order valence-corrected chi connectivity index (χ4v) is 5.63. The highest BCUT2D eigenvalue weighted by molar-refractivity contribution is 9.10. The average Bonchev–Trinajstić information content (AvgIpc) is 3.27. The van der Waals surface area contributed by atoms with Gasteiger partial charge in [-0.15, -0.1) is 10.2 Å². The number of hydrogen-bond acceptors (Lipinski definition) is 6. The summed E-state index contributed by atoms with van der Waals surface area (Å²) in [6, 6.07) is 26.8. The predicted molar refractivity (Wildman–Crippen MR) is 166 cm³/mol.